The van der Waals surface area contributed by atoms with Gasteiger partial charge in [0, 0.05) is 12.8 Å². The molecule has 9 N–H and O–H groups in total. The third-order valence-electron chi connectivity index (χ3n) is 4.61. The van der Waals surface area contributed by atoms with E-state index in [9.17, 15) is 38.7 Å². The van der Waals surface area contributed by atoms with Gasteiger partial charge in [-0.05, 0) is 25.2 Å². The highest BCUT2D eigenvalue weighted by atomic mass is 16.4. The Balaban J connectivity index is 5.65. The second-order valence-corrected chi connectivity index (χ2v) is 8.22. The molecule has 0 saturated heterocycles. The van der Waals surface area contributed by atoms with Crippen LogP contribution in [0, 0.1) is 5.92 Å². The molecule has 0 fully saturated rings. The molecule has 3 amide bonds. The number of carboxylic acids is 4. The zero-order valence-electron chi connectivity index (χ0n) is 19.4. The molecule has 4 atom stereocenters. The first-order valence-electron chi connectivity index (χ1n) is 10.7. The van der Waals surface area contributed by atoms with Crippen molar-refractivity contribution in [1.29, 1.82) is 0 Å². The van der Waals surface area contributed by atoms with E-state index in [1.54, 1.807) is 13.8 Å². The van der Waals surface area contributed by atoms with Gasteiger partial charge in [-0.3, -0.25) is 28.8 Å². The smallest absolute Gasteiger partial charge is 0.326 e. The number of hydrogen-bond donors (Lipinski definition) is 8. The molecule has 0 aromatic carbocycles. The molecule has 0 aromatic heterocycles. The minimum absolute atomic E-state index is 0.0550. The summed E-state index contributed by atoms with van der Waals surface area (Å²) in [5, 5.41) is 42.5. The van der Waals surface area contributed by atoms with Crippen molar-refractivity contribution in [3.8, 4) is 0 Å². The van der Waals surface area contributed by atoms with Crippen LogP contribution < -0.4 is 21.7 Å². The largest absolute Gasteiger partial charge is 0.481 e. The van der Waals surface area contributed by atoms with Crippen LogP contribution >= 0.6 is 0 Å². The highest BCUT2D eigenvalue weighted by Gasteiger charge is 2.31. The molecule has 0 aliphatic heterocycles. The second-order valence-electron chi connectivity index (χ2n) is 8.22. The summed E-state index contributed by atoms with van der Waals surface area (Å²) in [4.78, 5) is 81.7. The number of carboxylic acid groups (broad SMARTS) is 4. The quantitative estimate of drug-likeness (QED) is 0.108. The van der Waals surface area contributed by atoms with Crippen LogP contribution in [0.4, 0.5) is 0 Å². The van der Waals surface area contributed by atoms with Crippen molar-refractivity contribution in [3.05, 3.63) is 0 Å². The van der Waals surface area contributed by atoms with Crippen LogP contribution in [-0.2, 0) is 33.6 Å². The summed E-state index contributed by atoms with van der Waals surface area (Å²) in [6.07, 6.45) is -2.76. The van der Waals surface area contributed by atoms with Gasteiger partial charge < -0.3 is 42.1 Å². The maximum absolute atomic E-state index is 12.8. The lowest BCUT2D eigenvalue weighted by Crippen LogP contribution is -2.57. The molecular formula is C20H32N4O11. The van der Waals surface area contributed by atoms with Gasteiger partial charge in [0.1, 0.15) is 18.1 Å². The molecule has 198 valence electrons. The van der Waals surface area contributed by atoms with Gasteiger partial charge >= 0.3 is 23.9 Å². The lowest BCUT2D eigenvalue weighted by molar-refractivity contribution is -0.143. The van der Waals surface area contributed by atoms with E-state index in [1.807, 2.05) is 0 Å². The molecule has 0 heterocycles. The fourth-order valence-electron chi connectivity index (χ4n) is 2.87. The van der Waals surface area contributed by atoms with Gasteiger partial charge in [0.2, 0.25) is 17.7 Å². The third kappa shape index (κ3) is 13.5. The van der Waals surface area contributed by atoms with Crippen LogP contribution in [0.1, 0.15) is 52.4 Å². The monoisotopic (exact) mass is 504 g/mol. The van der Waals surface area contributed by atoms with E-state index < -0.39 is 97.9 Å². The summed E-state index contributed by atoms with van der Waals surface area (Å²) >= 11 is 0. The Kier molecular flexibility index (Phi) is 13.6. The lowest BCUT2D eigenvalue weighted by Gasteiger charge is -2.25. The fraction of sp³-hybridized carbons (Fsp3) is 0.650. The van der Waals surface area contributed by atoms with Crippen molar-refractivity contribution in [1.82, 2.24) is 16.0 Å². The normalized spacial score (nSPS) is 14.2. The summed E-state index contributed by atoms with van der Waals surface area (Å²) in [6, 6.07) is -5.94. The predicted molar refractivity (Wildman–Crippen MR) is 117 cm³/mol. The van der Waals surface area contributed by atoms with E-state index >= 15 is 0 Å². The average Bonchev–Trinajstić information content (AvgIpc) is 2.71. The average molecular weight is 504 g/mol. The van der Waals surface area contributed by atoms with E-state index in [0.717, 1.165) is 0 Å². The van der Waals surface area contributed by atoms with Gasteiger partial charge in [-0.15, -0.1) is 0 Å². The van der Waals surface area contributed by atoms with Crippen molar-refractivity contribution in [3.63, 3.8) is 0 Å². The Morgan fingerprint density at radius 2 is 1.06 bits per heavy atom. The first-order chi connectivity index (χ1) is 16.1. The number of rotatable bonds is 17. The van der Waals surface area contributed by atoms with Gasteiger partial charge in [-0.2, -0.15) is 0 Å². The highest BCUT2D eigenvalue weighted by molar-refractivity contribution is 5.95. The van der Waals surface area contributed by atoms with Gasteiger partial charge in [0.15, 0.2) is 0 Å². The Labute approximate surface area is 200 Å². The molecule has 15 heteroatoms. The summed E-state index contributed by atoms with van der Waals surface area (Å²) < 4.78 is 0. The third-order valence-corrected chi connectivity index (χ3v) is 4.61. The zero-order chi connectivity index (χ0) is 27.3. The van der Waals surface area contributed by atoms with Crippen molar-refractivity contribution < 1.29 is 54.0 Å². The molecule has 0 aliphatic carbocycles. The molecule has 0 aliphatic rings. The maximum atomic E-state index is 12.8. The fourth-order valence-corrected chi connectivity index (χ4v) is 2.87. The Bertz CT molecular complexity index is 815. The second kappa shape index (κ2) is 15.2. The van der Waals surface area contributed by atoms with E-state index in [0.29, 0.717) is 0 Å². The van der Waals surface area contributed by atoms with E-state index in [-0.39, 0.29) is 12.3 Å². The number of aliphatic carboxylic acids is 4. The number of hydrogen-bond acceptors (Lipinski definition) is 8. The van der Waals surface area contributed by atoms with E-state index in [4.69, 9.17) is 21.1 Å². The zero-order valence-corrected chi connectivity index (χ0v) is 19.4. The van der Waals surface area contributed by atoms with Crippen LogP contribution in [0.2, 0.25) is 0 Å². The first kappa shape index (κ1) is 31.2. The summed E-state index contributed by atoms with van der Waals surface area (Å²) in [6.45, 7) is 3.44. The van der Waals surface area contributed by atoms with Crippen LogP contribution in [0.5, 0.6) is 0 Å². The molecule has 0 spiro atoms. The van der Waals surface area contributed by atoms with Crippen LogP contribution in [0.25, 0.3) is 0 Å². The minimum Gasteiger partial charge on any atom is -0.481 e. The van der Waals surface area contributed by atoms with Gasteiger partial charge in [-0.1, -0.05) is 13.8 Å². The van der Waals surface area contributed by atoms with E-state index in [1.165, 1.54) is 0 Å². The van der Waals surface area contributed by atoms with Gasteiger partial charge in [-0.25, -0.2) is 4.79 Å². The molecule has 0 rings (SSSR count). The highest BCUT2D eigenvalue weighted by Crippen LogP contribution is 2.08. The Morgan fingerprint density at radius 3 is 1.40 bits per heavy atom. The summed E-state index contributed by atoms with van der Waals surface area (Å²) in [7, 11) is 0. The summed E-state index contributed by atoms with van der Waals surface area (Å²) in [5.41, 5.74) is 5.45. The molecule has 0 aromatic rings. The van der Waals surface area contributed by atoms with Crippen molar-refractivity contribution in [2.45, 2.75) is 76.5 Å². The minimum atomic E-state index is -1.55. The number of carbonyl (C=O) groups is 7. The maximum Gasteiger partial charge on any atom is 0.326 e. The molecule has 0 saturated carbocycles. The number of amides is 3. The Hall–Kier alpha value is -3.75. The number of carbonyl (C=O) groups excluding carboxylic acids is 3. The molecule has 4 unspecified atom stereocenters. The van der Waals surface area contributed by atoms with Crippen LogP contribution in [0.3, 0.4) is 0 Å². The molecule has 15 nitrogen and oxygen atoms in total. The topological polar surface area (TPSA) is 263 Å². The molecule has 0 bridgehead atoms. The number of nitrogens with one attached hydrogen (secondary N) is 3. The van der Waals surface area contributed by atoms with Crippen LogP contribution in [0.15, 0.2) is 0 Å². The summed E-state index contributed by atoms with van der Waals surface area (Å²) in [5.74, 6) is -8.58. The van der Waals surface area contributed by atoms with Crippen molar-refractivity contribution in [2.24, 2.45) is 11.7 Å². The molecule has 35 heavy (non-hydrogen) atoms. The predicted octanol–water partition coefficient (Wildman–Crippen LogP) is -1.90. The SMILES string of the molecule is CC(C)CC(NC(=O)C(CCC(=O)O)NC(=O)C(CCC(=O)O)NC(=O)C(N)CC(=O)O)C(=O)O. The standard InChI is InChI=1S/C20H32N4O11/c1-9(2)7-13(20(34)35)24-19(33)12(4-6-15(27)28)23-18(32)11(3-5-14(25)26)22-17(31)10(21)8-16(29)30/h9-13H,3-8,21H2,1-2H3,(H,22,31)(H,23,32)(H,24,33)(H,25,26)(H,27,28)(H,29,30)(H,34,35). The first-order valence-corrected chi connectivity index (χ1v) is 10.7. The number of nitrogens with two attached hydrogens (primary N) is 1. The molecule has 0 radical (unpaired) electrons. The van der Waals surface area contributed by atoms with Crippen molar-refractivity contribution in [2.75, 3.05) is 0 Å². The van der Waals surface area contributed by atoms with Crippen molar-refractivity contribution >= 4 is 41.6 Å². The van der Waals surface area contributed by atoms with Gasteiger partial charge in [0.25, 0.3) is 0 Å². The van der Waals surface area contributed by atoms with Gasteiger partial charge in [0.05, 0.1) is 12.5 Å². The lowest BCUT2D eigenvalue weighted by atomic mass is 10.0. The van der Waals surface area contributed by atoms with E-state index in [2.05, 4.69) is 16.0 Å². The Morgan fingerprint density at radius 1 is 0.657 bits per heavy atom. The van der Waals surface area contributed by atoms with Crippen LogP contribution in [-0.4, -0.2) is 86.2 Å². The molecular weight excluding hydrogens is 472 g/mol.